The first-order chi connectivity index (χ1) is 9.72. The Hall–Kier alpha value is -1.77. The summed E-state index contributed by atoms with van der Waals surface area (Å²) in [4.78, 5) is 6.72. The molecule has 1 aliphatic heterocycles. The number of ether oxygens (including phenoxy) is 1. The van der Waals surface area contributed by atoms with Gasteiger partial charge >= 0.3 is 0 Å². The number of hydrogen-bond donors (Lipinski definition) is 0. The van der Waals surface area contributed by atoms with Crippen molar-refractivity contribution >= 4 is 11.6 Å². The standard InChI is InChI=1S/C17H24N2O/c1-4-10-18-17(5-2)20-16-8-6-7-15(12-16)19-11-9-14(3)13-19/h4,6-8,10,12,14H,5,9,11,13H2,1-3H3/b10-4-,18-17?. The Balaban J connectivity index is 2.09. The van der Waals surface area contributed by atoms with Crippen LogP contribution in [-0.4, -0.2) is 19.0 Å². The molecule has 0 spiro atoms. The van der Waals surface area contributed by atoms with Crippen molar-refractivity contribution in [1.82, 2.24) is 0 Å². The van der Waals surface area contributed by atoms with Crippen LogP contribution in [-0.2, 0) is 0 Å². The van der Waals surface area contributed by atoms with Gasteiger partial charge in [0.2, 0.25) is 0 Å². The average Bonchev–Trinajstić information content (AvgIpc) is 2.90. The summed E-state index contributed by atoms with van der Waals surface area (Å²) in [6, 6.07) is 8.30. The van der Waals surface area contributed by atoms with Crippen LogP contribution in [0.3, 0.4) is 0 Å². The minimum absolute atomic E-state index is 0.745. The van der Waals surface area contributed by atoms with Gasteiger partial charge in [0.15, 0.2) is 5.90 Å². The monoisotopic (exact) mass is 272 g/mol. The smallest absolute Gasteiger partial charge is 0.194 e. The number of allylic oxidation sites excluding steroid dienone is 1. The van der Waals surface area contributed by atoms with E-state index >= 15 is 0 Å². The van der Waals surface area contributed by atoms with E-state index in [2.05, 4.69) is 35.0 Å². The van der Waals surface area contributed by atoms with Crippen molar-refractivity contribution in [1.29, 1.82) is 0 Å². The zero-order valence-electron chi connectivity index (χ0n) is 12.7. The Kier molecular flexibility index (Phi) is 5.22. The van der Waals surface area contributed by atoms with Crippen molar-refractivity contribution in [2.24, 2.45) is 10.9 Å². The fourth-order valence-corrected chi connectivity index (χ4v) is 2.40. The van der Waals surface area contributed by atoms with E-state index in [4.69, 9.17) is 4.74 Å². The lowest BCUT2D eigenvalue weighted by atomic mass is 10.2. The first kappa shape index (κ1) is 14.6. The molecule has 1 fully saturated rings. The first-order valence-corrected chi connectivity index (χ1v) is 7.43. The second-order valence-electron chi connectivity index (χ2n) is 5.30. The molecule has 0 bridgehead atoms. The Morgan fingerprint density at radius 1 is 1.50 bits per heavy atom. The van der Waals surface area contributed by atoms with E-state index in [1.807, 2.05) is 26.0 Å². The SMILES string of the molecule is C/C=C\N=C(CC)Oc1cccc(N2CCC(C)C2)c1. The van der Waals surface area contributed by atoms with Crippen molar-refractivity contribution in [3.05, 3.63) is 36.5 Å². The second kappa shape index (κ2) is 7.13. The number of benzene rings is 1. The van der Waals surface area contributed by atoms with Gasteiger partial charge in [-0.1, -0.05) is 26.0 Å². The van der Waals surface area contributed by atoms with Crippen molar-refractivity contribution in [2.45, 2.75) is 33.6 Å². The maximum Gasteiger partial charge on any atom is 0.194 e. The van der Waals surface area contributed by atoms with Crippen molar-refractivity contribution in [3.8, 4) is 5.75 Å². The van der Waals surface area contributed by atoms with Gasteiger partial charge in [0.25, 0.3) is 0 Å². The van der Waals surface area contributed by atoms with Gasteiger partial charge < -0.3 is 9.64 Å². The topological polar surface area (TPSA) is 24.8 Å². The van der Waals surface area contributed by atoms with Crippen LogP contribution in [0.15, 0.2) is 41.5 Å². The molecule has 3 heteroatoms. The van der Waals surface area contributed by atoms with E-state index < -0.39 is 0 Å². The summed E-state index contributed by atoms with van der Waals surface area (Å²) in [5.74, 6) is 2.39. The van der Waals surface area contributed by atoms with Crippen LogP contribution < -0.4 is 9.64 Å². The lowest BCUT2D eigenvalue weighted by Crippen LogP contribution is -2.19. The van der Waals surface area contributed by atoms with Gasteiger partial charge in [0, 0.05) is 37.5 Å². The van der Waals surface area contributed by atoms with Crippen LogP contribution in [0.1, 0.15) is 33.6 Å². The van der Waals surface area contributed by atoms with Gasteiger partial charge in [-0.05, 0) is 31.4 Å². The lowest BCUT2D eigenvalue weighted by molar-refractivity contribution is 0.535. The Morgan fingerprint density at radius 2 is 2.35 bits per heavy atom. The molecule has 0 amide bonds. The predicted octanol–water partition coefficient (Wildman–Crippen LogP) is 4.25. The number of rotatable bonds is 4. The lowest BCUT2D eigenvalue weighted by Gasteiger charge is -2.19. The average molecular weight is 272 g/mol. The molecule has 1 aromatic rings. The zero-order chi connectivity index (χ0) is 14.4. The van der Waals surface area contributed by atoms with Crippen LogP contribution in [0, 0.1) is 5.92 Å². The van der Waals surface area contributed by atoms with Crippen molar-refractivity contribution in [2.75, 3.05) is 18.0 Å². The summed E-state index contributed by atoms with van der Waals surface area (Å²) >= 11 is 0. The summed E-state index contributed by atoms with van der Waals surface area (Å²) in [5, 5.41) is 0. The Bertz CT molecular complexity index is 494. The first-order valence-electron chi connectivity index (χ1n) is 7.43. The summed E-state index contributed by atoms with van der Waals surface area (Å²) < 4.78 is 5.86. The van der Waals surface area contributed by atoms with E-state index in [0.717, 1.165) is 37.1 Å². The molecule has 0 saturated carbocycles. The van der Waals surface area contributed by atoms with Crippen LogP contribution >= 0.6 is 0 Å². The van der Waals surface area contributed by atoms with E-state index in [1.54, 1.807) is 6.20 Å². The van der Waals surface area contributed by atoms with Crippen LogP contribution in [0.5, 0.6) is 5.75 Å². The largest absolute Gasteiger partial charge is 0.443 e. The Labute approximate surface area is 122 Å². The summed E-state index contributed by atoms with van der Waals surface area (Å²) in [6.07, 6.45) is 5.73. The molecule has 0 aromatic heterocycles. The molecule has 1 heterocycles. The van der Waals surface area contributed by atoms with Crippen molar-refractivity contribution < 1.29 is 4.74 Å². The molecule has 0 radical (unpaired) electrons. The van der Waals surface area contributed by atoms with Gasteiger partial charge in [0.1, 0.15) is 5.75 Å². The molecule has 0 N–H and O–H groups in total. The number of hydrogen-bond acceptors (Lipinski definition) is 3. The maximum atomic E-state index is 5.86. The molecule has 20 heavy (non-hydrogen) atoms. The molecule has 2 rings (SSSR count). The molecule has 1 aliphatic rings. The highest BCUT2D eigenvalue weighted by molar-refractivity contribution is 5.79. The Morgan fingerprint density at radius 3 is 3.00 bits per heavy atom. The predicted molar refractivity (Wildman–Crippen MR) is 85.6 cm³/mol. The minimum atomic E-state index is 0.745. The zero-order valence-corrected chi connectivity index (χ0v) is 12.7. The molecule has 1 aromatic carbocycles. The van der Waals surface area contributed by atoms with Gasteiger partial charge in [-0.2, -0.15) is 0 Å². The third kappa shape index (κ3) is 3.86. The number of nitrogens with zero attached hydrogens (tertiary/aromatic N) is 2. The van der Waals surface area contributed by atoms with Crippen molar-refractivity contribution in [3.63, 3.8) is 0 Å². The molecule has 1 unspecified atom stereocenters. The van der Waals surface area contributed by atoms with E-state index in [1.165, 1.54) is 12.1 Å². The highest BCUT2D eigenvalue weighted by Gasteiger charge is 2.19. The fourth-order valence-electron chi connectivity index (χ4n) is 2.40. The third-order valence-electron chi connectivity index (χ3n) is 3.51. The van der Waals surface area contributed by atoms with Crippen LogP contribution in [0.4, 0.5) is 5.69 Å². The van der Waals surface area contributed by atoms with Gasteiger partial charge in [0.05, 0.1) is 0 Å². The summed E-state index contributed by atoms with van der Waals surface area (Å²) in [6.45, 7) is 8.58. The maximum absolute atomic E-state index is 5.86. The van der Waals surface area contributed by atoms with Crippen LogP contribution in [0.2, 0.25) is 0 Å². The molecular formula is C17H24N2O. The fraction of sp³-hybridized carbons (Fsp3) is 0.471. The normalized spacial score (nSPS) is 19.9. The molecule has 3 nitrogen and oxygen atoms in total. The highest BCUT2D eigenvalue weighted by Crippen LogP contribution is 2.26. The molecule has 1 saturated heterocycles. The molecule has 0 aliphatic carbocycles. The van der Waals surface area contributed by atoms with Gasteiger partial charge in [-0.25, -0.2) is 4.99 Å². The van der Waals surface area contributed by atoms with E-state index in [-0.39, 0.29) is 0 Å². The second-order valence-corrected chi connectivity index (χ2v) is 5.30. The van der Waals surface area contributed by atoms with Gasteiger partial charge in [-0.3, -0.25) is 0 Å². The highest BCUT2D eigenvalue weighted by atomic mass is 16.5. The quantitative estimate of drug-likeness (QED) is 0.604. The summed E-state index contributed by atoms with van der Waals surface area (Å²) in [5.41, 5.74) is 1.24. The molecule has 108 valence electrons. The molecule has 1 atom stereocenters. The third-order valence-corrected chi connectivity index (χ3v) is 3.51. The van der Waals surface area contributed by atoms with Crippen LogP contribution in [0.25, 0.3) is 0 Å². The van der Waals surface area contributed by atoms with Gasteiger partial charge in [-0.15, -0.1) is 0 Å². The number of aliphatic imine (C=N–C) groups is 1. The molecular weight excluding hydrogens is 248 g/mol. The van der Waals surface area contributed by atoms with E-state index in [9.17, 15) is 0 Å². The minimum Gasteiger partial charge on any atom is -0.443 e. The van der Waals surface area contributed by atoms with E-state index in [0.29, 0.717) is 0 Å². The number of anilines is 1. The summed E-state index contributed by atoms with van der Waals surface area (Å²) in [7, 11) is 0.